The van der Waals surface area contributed by atoms with Crippen LogP contribution >= 0.6 is 0 Å². The summed E-state index contributed by atoms with van der Waals surface area (Å²) in [6, 6.07) is 26.5. The second kappa shape index (κ2) is 16.6. The first-order chi connectivity index (χ1) is 22.7. The number of anilines is 1. The number of nitrogens with zero attached hydrogens (tertiary/aromatic N) is 2. The maximum absolute atomic E-state index is 14.5. The minimum absolute atomic E-state index is 0.0477. The minimum Gasteiger partial charge on any atom is -0.493 e. The number of unbranched alkanes of at least 4 members (excludes halogenated alkanes) is 1. The van der Waals surface area contributed by atoms with E-state index in [0.29, 0.717) is 12.3 Å². The molecule has 248 valence electrons. The Balaban J connectivity index is 1.79. The van der Waals surface area contributed by atoms with Crippen molar-refractivity contribution >= 4 is 27.5 Å². The highest BCUT2D eigenvalue weighted by Gasteiger charge is 2.35. The standard InChI is InChI=1S/C36H40FN3O6S/c1-4-5-22-38-36(42)32(23-27-12-8-6-9-13-27)39(25-28-14-10-7-11-15-28)35(41)26-40(30-18-16-29(37)17-19-30)47(43,44)31-20-21-33(45-2)34(24-31)46-3/h6-21,24,32H,4-5,22-23,25-26H2,1-3H3,(H,38,42). The van der Waals surface area contributed by atoms with Crippen molar-refractivity contribution in [3.63, 3.8) is 0 Å². The second-order valence-electron chi connectivity index (χ2n) is 10.9. The van der Waals surface area contributed by atoms with Gasteiger partial charge in [-0.15, -0.1) is 0 Å². The van der Waals surface area contributed by atoms with Crippen molar-refractivity contribution in [2.45, 2.75) is 43.7 Å². The number of carbonyl (C=O) groups excluding carboxylic acids is 2. The van der Waals surface area contributed by atoms with Crippen molar-refractivity contribution in [2.24, 2.45) is 0 Å². The molecule has 1 N–H and O–H groups in total. The van der Waals surface area contributed by atoms with E-state index < -0.39 is 34.3 Å². The van der Waals surface area contributed by atoms with Gasteiger partial charge in [-0.05, 0) is 53.9 Å². The topological polar surface area (TPSA) is 105 Å². The van der Waals surface area contributed by atoms with Gasteiger partial charge in [0.25, 0.3) is 10.0 Å². The van der Waals surface area contributed by atoms with Gasteiger partial charge in [0.15, 0.2) is 11.5 Å². The molecule has 0 spiro atoms. The Morgan fingerprint density at radius 2 is 1.45 bits per heavy atom. The zero-order valence-corrected chi connectivity index (χ0v) is 27.6. The van der Waals surface area contributed by atoms with Crippen LogP contribution in [0.3, 0.4) is 0 Å². The molecule has 1 unspecified atom stereocenters. The lowest BCUT2D eigenvalue weighted by molar-refractivity contribution is -0.140. The highest BCUT2D eigenvalue weighted by Crippen LogP contribution is 2.32. The van der Waals surface area contributed by atoms with Crippen molar-refractivity contribution < 1.29 is 31.9 Å². The van der Waals surface area contributed by atoms with E-state index >= 15 is 0 Å². The number of amides is 2. The monoisotopic (exact) mass is 661 g/mol. The van der Waals surface area contributed by atoms with Crippen LogP contribution in [0.25, 0.3) is 0 Å². The molecule has 0 heterocycles. The summed E-state index contributed by atoms with van der Waals surface area (Å²) in [4.78, 5) is 29.5. The van der Waals surface area contributed by atoms with E-state index in [9.17, 15) is 22.4 Å². The molecule has 4 aromatic carbocycles. The summed E-state index contributed by atoms with van der Waals surface area (Å²) >= 11 is 0. The maximum atomic E-state index is 14.5. The van der Waals surface area contributed by atoms with Gasteiger partial charge in [-0.2, -0.15) is 0 Å². The molecule has 0 aliphatic carbocycles. The molecule has 0 radical (unpaired) electrons. The van der Waals surface area contributed by atoms with Gasteiger partial charge in [0.1, 0.15) is 18.4 Å². The van der Waals surface area contributed by atoms with E-state index in [-0.39, 0.29) is 35.2 Å². The van der Waals surface area contributed by atoms with Crippen LogP contribution in [-0.4, -0.2) is 58.5 Å². The fraction of sp³-hybridized carbons (Fsp3) is 0.278. The Hall–Kier alpha value is -4.90. The molecular weight excluding hydrogens is 621 g/mol. The third kappa shape index (κ3) is 9.10. The van der Waals surface area contributed by atoms with Crippen LogP contribution in [0.2, 0.25) is 0 Å². The number of carbonyl (C=O) groups is 2. The Bertz CT molecular complexity index is 1720. The SMILES string of the molecule is CCCCNC(=O)C(Cc1ccccc1)N(Cc1ccccc1)C(=O)CN(c1ccc(F)cc1)S(=O)(=O)c1ccc(OC)c(OC)c1. The van der Waals surface area contributed by atoms with Crippen LogP contribution in [0, 0.1) is 5.82 Å². The third-order valence-corrected chi connectivity index (χ3v) is 9.40. The van der Waals surface area contributed by atoms with E-state index in [2.05, 4.69) is 5.32 Å². The first kappa shape index (κ1) is 35.0. The Morgan fingerprint density at radius 3 is 2.04 bits per heavy atom. The van der Waals surface area contributed by atoms with Gasteiger partial charge in [-0.1, -0.05) is 74.0 Å². The summed E-state index contributed by atoms with van der Waals surface area (Å²) in [5, 5.41) is 2.96. The molecule has 11 heteroatoms. The Kier molecular flexibility index (Phi) is 12.3. The van der Waals surface area contributed by atoms with Gasteiger partial charge in [0, 0.05) is 25.6 Å². The smallest absolute Gasteiger partial charge is 0.264 e. The van der Waals surface area contributed by atoms with Crippen LogP contribution < -0.4 is 19.1 Å². The predicted octanol–water partition coefficient (Wildman–Crippen LogP) is 5.59. The van der Waals surface area contributed by atoms with Gasteiger partial charge >= 0.3 is 0 Å². The highest BCUT2D eigenvalue weighted by atomic mass is 32.2. The molecule has 0 saturated heterocycles. The van der Waals surface area contributed by atoms with Crippen LogP contribution in [0.1, 0.15) is 30.9 Å². The van der Waals surface area contributed by atoms with Crippen LogP contribution in [0.4, 0.5) is 10.1 Å². The predicted molar refractivity (Wildman–Crippen MR) is 179 cm³/mol. The maximum Gasteiger partial charge on any atom is 0.264 e. The summed E-state index contributed by atoms with van der Waals surface area (Å²) < 4.78 is 54.0. The lowest BCUT2D eigenvalue weighted by Crippen LogP contribution is -2.53. The Labute approximate surface area is 276 Å². The summed E-state index contributed by atoms with van der Waals surface area (Å²) in [6.45, 7) is 1.83. The number of rotatable bonds is 16. The average molecular weight is 662 g/mol. The largest absolute Gasteiger partial charge is 0.493 e. The quantitative estimate of drug-likeness (QED) is 0.157. The fourth-order valence-electron chi connectivity index (χ4n) is 5.08. The first-order valence-corrected chi connectivity index (χ1v) is 16.8. The van der Waals surface area contributed by atoms with Crippen molar-refractivity contribution in [3.05, 3.63) is 120 Å². The third-order valence-electron chi connectivity index (χ3n) is 7.63. The van der Waals surface area contributed by atoms with Gasteiger partial charge < -0.3 is 19.7 Å². The lowest BCUT2D eigenvalue weighted by Gasteiger charge is -2.34. The zero-order chi connectivity index (χ0) is 33.8. The molecule has 4 rings (SSSR count). The summed E-state index contributed by atoms with van der Waals surface area (Å²) in [6.07, 6.45) is 1.84. The lowest BCUT2D eigenvalue weighted by atomic mass is 10.0. The summed E-state index contributed by atoms with van der Waals surface area (Å²) in [5.74, 6) is -1.03. The van der Waals surface area contributed by atoms with Crippen LogP contribution in [-0.2, 0) is 32.6 Å². The zero-order valence-electron chi connectivity index (χ0n) is 26.8. The van der Waals surface area contributed by atoms with Crippen LogP contribution in [0.5, 0.6) is 11.5 Å². The van der Waals surface area contributed by atoms with E-state index in [0.717, 1.165) is 40.4 Å². The molecule has 2 amide bonds. The Morgan fingerprint density at radius 1 is 0.830 bits per heavy atom. The molecule has 0 aliphatic heterocycles. The molecule has 0 saturated carbocycles. The van der Waals surface area contributed by atoms with Gasteiger partial charge in [-0.3, -0.25) is 13.9 Å². The average Bonchev–Trinajstić information content (AvgIpc) is 3.09. The normalized spacial score (nSPS) is 11.7. The highest BCUT2D eigenvalue weighted by molar-refractivity contribution is 7.92. The van der Waals surface area contributed by atoms with E-state index in [4.69, 9.17) is 9.47 Å². The molecule has 0 fully saturated rings. The van der Waals surface area contributed by atoms with Crippen molar-refractivity contribution in [1.82, 2.24) is 10.2 Å². The number of halogens is 1. The van der Waals surface area contributed by atoms with E-state index in [1.54, 1.807) is 0 Å². The van der Waals surface area contributed by atoms with Gasteiger partial charge in [0.05, 0.1) is 24.8 Å². The van der Waals surface area contributed by atoms with Crippen LogP contribution in [0.15, 0.2) is 108 Å². The minimum atomic E-state index is -4.42. The summed E-state index contributed by atoms with van der Waals surface area (Å²) in [7, 11) is -1.61. The fourth-order valence-corrected chi connectivity index (χ4v) is 6.51. The number of hydrogen-bond acceptors (Lipinski definition) is 6. The molecule has 47 heavy (non-hydrogen) atoms. The summed E-state index contributed by atoms with van der Waals surface area (Å²) in [5.41, 5.74) is 1.67. The van der Waals surface area contributed by atoms with Gasteiger partial charge in [-0.25, -0.2) is 12.8 Å². The second-order valence-corrected chi connectivity index (χ2v) is 12.7. The number of methoxy groups -OCH3 is 2. The molecular formula is C36H40FN3O6S. The van der Waals surface area contributed by atoms with Gasteiger partial charge in [0.2, 0.25) is 11.8 Å². The number of benzene rings is 4. The van der Waals surface area contributed by atoms with Crippen molar-refractivity contribution in [2.75, 3.05) is 31.6 Å². The molecule has 9 nitrogen and oxygen atoms in total. The van der Waals surface area contributed by atoms with Crippen molar-refractivity contribution in [1.29, 1.82) is 0 Å². The molecule has 1 atom stereocenters. The number of sulfonamides is 1. The molecule has 0 aliphatic rings. The molecule has 4 aromatic rings. The molecule has 0 aromatic heterocycles. The van der Waals surface area contributed by atoms with Crippen molar-refractivity contribution in [3.8, 4) is 11.5 Å². The number of hydrogen-bond donors (Lipinski definition) is 1. The van der Waals surface area contributed by atoms with E-state index in [1.807, 2.05) is 67.6 Å². The number of nitrogens with one attached hydrogen (secondary N) is 1. The molecule has 0 bridgehead atoms. The van der Waals surface area contributed by atoms with E-state index in [1.165, 1.54) is 49.5 Å². The number of ether oxygens (including phenoxy) is 2. The first-order valence-electron chi connectivity index (χ1n) is 15.3.